The molecule has 6 amide bonds. The van der Waals surface area contributed by atoms with Crippen molar-refractivity contribution in [2.45, 2.75) is 136 Å². The van der Waals surface area contributed by atoms with Gasteiger partial charge in [0.05, 0.1) is 75.5 Å². The summed E-state index contributed by atoms with van der Waals surface area (Å²) in [6.45, 7) is 16.7. The van der Waals surface area contributed by atoms with Crippen LogP contribution in [-0.2, 0) is 54.1 Å². The van der Waals surface area contributed by atoms with Gasteiger partial charge >= 0.3 is 0 Å². The van der Waals surface area contributed by atoms with Crippen LogP contribution in [0.5, 0.6) is 0 Å². The molecule has 3 rings (SSSR count). The van der Waals surface area contributed by atoms with E-state index in [2.05, 4.69) is 20.9 Å². The van der Waals surface area contributed by atoms with E-state index in [1.54, 1.807) is 39.4 Å². The average molecular weight is 972 g/mol. The van der Waals surface area contributed by atoms with E-state index in [4.69, 9.17) is 18.9 Å². The Hall–Kier alpha value is -4.49. The zero-order valence-electron chi connectivity index (χ0n) is 42.7. The van der Waals surface area contributed by atoms with Gasteiger partial charge in [-0.05, 0) is 42.6 Å². The van der Waals surface area contributed by atoms with Gasteiger partial charge < -0.3 is 49.6 Å². The second-order valence-electron chi connectivity index (χ2n) is 18.6. The van der Waals surface area contributed by atoms with Crippen molar-refractivity contribution < 1.29 is 47.7 Å². The van der Waals surface area contributed by atoms with Crippen molar-refractivity contribution in [3.05, 3.63) is 52.5 Å². The Morgan fingerprint density at radius 1 is 0.868 bits per heavy atom. The number of hydrogen-bond acceptors (Lipinski definition) is 12. The monoisotopic (exact) mass is 972 g/mol. The molecule has 68 heavy (non-hydrogen) atoms. The van der Waals surface area contributed by atoms with Crippen molar-refractivity contribution in [3.63, 3.8) is 0 Å². The van der Waals surface area contributed by atoms with Crippen LogP contribution >= 0.6 is 11.3 Å². The first-order chi connectivity index (χ1) is 32.4. The van der Waals surface area contributed by atoms with Crippen LogP contribution in [0.3, 0.4) is 0 Å². The third-order valence-electron chi connectivity index (χ3n) is 13.0. The predicted molar refractivity (Wildman–Crippen MR) is 262 cm³/mol. The predicted octanol–water partition coefficient (Wildman–Crippen LogP) is 4.65. The number of nitrogens with one attached hydrogen (secondary N) is 3. The van der Waals surface area contributed by atoms with Gasteiger partial charge in [-0.15, -0.1) is 11.3 Å². The van der Waals surface area contributed by atoms with Crippen molar-refractivity contribution in [2.24, 2.45) is 23.7 Å². The van der Waals surface area contributed by atoms with E-state index in [0.29, 0.717) is 45.6 Å². The Bertz CT molecular complexity index is 1850. The molecule has 0 spiro atoms. The smallest absolute Gasteiger partial charge is 0.245 e. The second kappa shape index (κ2) is 29.5. The van der Waals surface area contributed by atoms with E-state index < -0.39 is 42.2 Å². The van der Waals surface area contributed by atoms with Gasteiger partial charge in [-0.1, -0.05) is 85.2 Å². The summed E-state index contributed by atoms with van der Waals surface area (Å²) >= 11 is 1.49. The molecule has 0 aliphatic carbocycles. The molecule has 1 aliphatic heterocycles. The number of carbonyl (C=O) groups is 6. The molecule has 1 aromatic heterocycles. The molecule has 0 bridgehead atoms. The Morgan fingerprint density at radius 2 is 1.54 bits per heavy atom. The van der Waals surface area contributed by atoms with E-state index in [-0.39, 0.29) is 85.4 Å². The van der Waals surface area contributed by atoms with E-state index in [0.717, 1.165) is 17.0 Å². The lowest BCUT2D eigenvalue weighted by Crippen LogP contribution is -2.60. The van der Waals surface area contributed by atoms with Crippen molar-refractivity contribution in [3.8, 4) is 0 Å². The average Bonchev–Trinajstić information content (AvgIpc) is 4.03. The molecule has 17 nitrogen and oxygen atoms in total. The number of carbonyl (C=O) groups excluding carboxylic acids is 6. The lowest BCUT2D eigenvalue weighted by atomic mass is 9.89. The van der Waals surface area contributed by atoms with Gasteiger partial charge in [-0.3, -0.25) is 28.8 Å². The maximum Gasteiger partial charge on any atom is 0.245 e. The van der Waals surface area contributed by atoms with Crippen LogP contribution in [0.1, 0.15) is 104 Å². The Balaban J connectivity index is 1.70. The number of thiazole rings is 1. The number of rotatable bonds is 30. The van der Waals surface area contributed by atoms with Gasteiger partial charge in [-0.25, -0.2) is 4.98 Å². The quantitative estimate of drug-likeness (QED) is 0.0923. The fraction of sp³-hybridized carbons (Fsp3) is 0.700. The van der Waals surface area contributed by atoms with Crippen LogP contribution in [0.25, 0.3) is 0 Å². The molecule has 1 aromatic carbocycles. The molecule has 382 valence electrons. The minimum absolute atomic E-state index is 0.0176. The first-order valence-electron chi connectivity index (χ1n) is 24.2. The molecule has 3 N–H and O–H groups in total. The number of hydrogen-bond donors (Lipinski definition) is 3. The summed E-state index contributed by atoms with van der Waals surface area (Å²) < 4.78 is 23.1. The molecule has 2 aromatic rings. The summed E-state index contributed by atoms with van der Waals surface area (Å²) in [4.78, 5) is 90.8. The fourth-order valence-corrected chi connectivity index (χ4v) is 9.76. The first-order valence-corrected chi connectivity index (χ1v) is 25.1. The summed E-state index contributed by atoms with van der Waals surface area (Å²) in [5, 5.41) is 11.6. The lowest BCUT2D eigenvalue weighted by Gasteiger charge is -2.41. The van der Waals surface area contributed by atoms with Gasteiger partial charge in [0.25, 0.3) is 0 Å². The highest BCUT2D eigenvalue weighted by molar-refractivity contribution is 7.09. The number of likely N-dealkylation sites (tertiary alicyclic amines) is 1. The van der Waals surface area contributed by atoms with Crippen molar-refractivity contribution >= 4 is 46.8 Å². The highest BCUT2D eigenvalue weighted by Crippen LogP contribution is 2.31. The summed E-state index contributed by atoms with van der Waals surface area (Å²) in [5.41, 5.74) is 1.07. The van der Waals surface area contributed by atoms with Crippen LogP contribution in [0.15, 0.2) is 41.9 Å². The number of ether oxygens (including phenoxy) is 4. The molecule has 18 heteroatoms. The zero-order chi connectivity index (χ0) is 50.5. The maximum atomic E-state index is 14.6. The van der Waals surface area contributed by atoms with Crippen LogP contribution in [-0.4, -0.2) is 159 Å². The van der Waals surface area contributed by atoms with Gasteiger partial charge in [0.1, 0.15) is 17.1 Å². The molecular formula is C50H81N7O10S. The van der Waals surface area contributed by atoms with Crippen LogP contribution in [0.2, 0.25) is 0 Å². The van der Waals surface area contributed by atoms with Crippen LogP contribution in [0, 0.1) is 23.7 Å². The summed E-state index contributed by atoms with van der Waals surface area (Å²) in [5.74, 6) is -2.83. The summed E-state index contributed by atoms with van der Waals surface area (Å²) in [7, 11) is 6.39. The third kappa shape index (κ3) is 17.2. The van der Waals surface area contributed by atoms with Crippen molar-refractivity contribution in [1.29, 1.82) is 0 Å². The zero-order valence-corrected chi connectivity index (χ0v) is 43.5. The molecule has 0 saturated carbocycles. The Labute approximate surface area is 409 Å². The minimum atomic E-state index is -0.938. The SMILES string of the molecule is CC[C@H](C)[C@@H]([C@@H](CC(=O)N1CCC[C@H]1[C@H](OC)[C@@H](C)C(=O)N[C@@H](Cc1ccccc1)c1nccs1)OC)N(C)C(=O)[C@@H](NC(=O)[C@H](C(C)C)N(C)C(=O)CCOCCOCCNC(C)=O)C(C)C. The van der Waals surface area contributed by atoms with E-state index >= 15 is 0 Å². The second-order valence-corrected chi connectivity index (χ2v) is 19.5. The number of benzene rings is 1. The fourth-order valence-electron chi connectivity index (χ4n) is 9.08. The van der Waals surface area contributed by atoms with Crippen LogP contribution in [0.4, 0.5) is 0 Å². The first kappa shape index (κ1) is 57.8. The molecular weight excluding hydrogens is 891 g/mol. The normalized spacial score (nSPS) is 17.4. The molecule has 1 aliphatic rings. The molecule has 1 saturated heterocycles. The number of methoxy groups -OCH3 is 2. The number of nitrogens with zero attached hydrogens (tertiary/aromatic N) is 4. The maximum absolute atomic E-state index is 14.6. The largest absolute Gasteiger partial charge is 0.379 e. The van der Waals surface area contributed by atoms with Gasteiger partial charge in [0.2, 0.25) is 35.4 Å². The highest BCUT2D eigenvalue weighted by atomic mass is 32.1. The van der Waals surface area contributed by atoms with Crippen molar-refractivity contribution in [1.82, 2.24) is 35.6 Å². The Kier molecular flexibility index (Phi) is 25.1. The lowest BCUT2D eigenvalue weighted by molar-refractivity contribution is -0.148. The van der Waals surface area contributed by atoms with E-state index in [1.165, 1.54) is 23.2 Å². The molecule has 1 fully saturated rings. The molecule has 2 heterocycles. The van der Waals surface area contributed by atoms with Crippen molar-refractivity contribution in [2.75, 3.05) is 67.8 Å². The standard InChI is InChI=1S/C50H81N7O10S/c1-13-34(6)45(56(10)50(63)43(32(2)3)54-48(62)44(33(4)5)55(9)41(59)21-25-66-27-28-67-26-22-51-36(8)58)40(64-11)31-42(60)57-24-17-20-39(57)46(65-12)35(7)47(61)53-38(49-52-23-29-68-49)30-37-18-15-14-16-19-37/h14-16,18-19,23,29,32-35,38-40,43-46H,13,17,20-22,24-28,30-31H2,1-12H3,(H,51,58)(H,53,61)(H,54,62)/t34-,35+,38-,39-,40+,43-,44-,45-,46+/m0/s1. The number of amides is 6. The summed E-state index contributed by atoms with van der Waals surface area (Å²) in [6.07, 6.45) is 3.14. The summed E-state index contributed by atoms with van der Waals surface area (Å²) in [6, 6.07) is 6.92. The Morgan fingerprint density at radius 3 is 2.12 bits per heavy atom. The van der Waals surface area contributed by atoms with E-state index in [9.17, 15) is 28.8 Å². The number of aromatic nitrogens is 1. The minimum Gasteiger partial charge on any atom is -0.379 e. The van der Waals surface area contributed by atoms with Gasteiger partial charge in [0.15, 0.2) is 0 Å². The third-order valence-corrected chi connectivity index (χ3v) is 13.9. The molecule has 0 radical (unpaired) electrons. The molecule has 0 unspecified atom stereocenters. The number of likely N-dealkylation sites (N-methyl/N-ethyl adjacent to an activating group) is 2. The molecule has 9 atom stereocenters. The highest BCUT2D eigenvalue weighted by Gasteiger charge is 2.43. The van der Waals surface area contributed by atoms with E-state index in [1.807, 2.05) is 89.1 Å². The van der Waals surface area contributed by atoms with Gasteiger partial charge in [0, 0.05) is 59.9 Å². The van der Waals surface area contributed by atoms with Gasteiger partial charge in [-0.2, -0.15) is 0 Å². The topological polar surface area (TPSA) is 198 Å². The van der Waals surface area contributed by atoms with Crippen LogP contribution < -0.4 is 16.0 Å².